The topological polar surface area (TPSA) is 111 Å². The fourth-order valence-electron chi connectivity index (χ4n) is 3.61. The molecule has 1 aromatic rings. The second-order valence-electron chi connectivity index (χ2n) is 6.90. The third-order valence-electron chi connectivity index (χ3n) is 4.67. The number of nitrogens with two attached hydrogens (primary N) is 1. The Kier molecular flexibility index (Phi) is 5.22. The van der Waals surface area contributed by atoms with Gasteiger partial charge in [0.15, 0.2) is 0 Å². The molecule has 0 aromatic carbocycles. The van der Waals surface area contributed by atoms with Crippen molar-refractivity contribution in [2.24, 2.45) is 0 Å². The van der Waals surface area contributed by atoms with E-state index in [-0.39, 0.29) is 23.7 Å². The number of rotatable bonds is 3. The second-order valence-corrected chi connectivity index (χ2v) is 6.90. The third-order valence-corrected chi connectivity index (χ3v) is 4.67. The summed E-state index contributed by atoms with van der Waals surface area (Å²) in [4.78, 5) is 23.9. The molecule has 0 spiro atoms. The van der Waals surface area contributed by atoms with Crippen LogP contribution >= 0.6 is 0 Å². The molecule has 0 radical (unpaired) electrons. The van der Waals surface area contributed by atoms with Gasteiger partial charge in [-0.1, -0.05) is 12.8 Å². The summed E-state index contributed by atoms with van der Waals surface area (Å²) in [6, 6.07) is 0. The van der Waals surface area contributed by atoms with Gasteiger partial charge < -0.3 is 20.3 Å². The first-order chi connectivity index (χ1) is 12.0. The molecule has 2 aliphatic rings. The average molecular weight is 350 g/mol. The zero-order valence-corrected chi connectivity index (χ0v) is 14.8. The lowest BCUT2D eigenvalue weighted by Crippen LogP contribution is -2.46. The Bertz CT molecular complexity index is 623. The number of anilines is 3. The molecule has 0 amide bonds. The zero-order valence-electron chi connectivity index (χ0n) is 14.8. The highest BCUT2D eigenvalue weighted by atomic mass is 16.6. The van der Waals surface area contributed by atoms with Crippen LogP contribution in [0.4, 0.5) is 23.3 Å². The molecule has 138 valence electrons. The van der Waals surface area contributed by atoms with E-state index in [0.29, 0.717) is 24.9 Å². The number of nitrogens with zero attached hydrogens (tertiary/aromatic N) is 5. The maximum absolute atomic E-state index is 11.6. The number of morpholine rings is 1. The summed E-state index contributed by atoms with van der Waals surface area (Å²) in [5.41, 5.74) is 5.76. The van der Waals surface area contributed by atoms with Crippen molar-refractivity contribution < 1.29 is 9.66 Å². The monoisotopic (exact) mass is 350 g/mol. The summed E-state index contributed by atoms with van der Waals surface area (Å²) in [5, 5.41) is 11.6. The van der Waals surface area contributed by atoms with E-state index in [1.54, 1.807) is 0 Å². The van der Waals surface area contributed by atoms with Crippen LogP contribution in [0.1, 0.15) is 39.5 Å². The molecular formula is C16H26N6O3. The van der Waals surface area contributed by atoms with E-state index in [1.165, 1.54) is 12.8 Å². The first kappa shape index (κ1) is 17.7. The smallest absolute Gasteiger partial charge is 0.353 e. The van der Waals surface area contributed by atoms with Crippen LogP contribution in [0, 0.1) is 10.1 Å². The minimum Gasteiger partial charge on any atom is -0.378 e. The lowest BCUT2D eigenvalue weighted by molar-refractivity contribution is -0.383. The van der Waals surface area contributed by atoms with Crippen LogP contribution in [0.2, 0.25) is 0 Å². The van der Waals surface area contributed by atoms with Crippen molar-refractivity contribution >= 4 is 23.3 Å². The first-order valence-corrected chi connectivity index (χ1v) is 8.93. The molecule has 2 fully saturated rings. The van der Waals surface area contributed by atoms with E-state index in [4.69, 9.17) is 10.5 Å². The quantitative estimate of drug-likeness (QED) is 0.650. The van der Waals surface area contributed by atoms with Crippen molar-refractivity contribution in [1.82, 2.24) is 9.97 Å². The maximum Gasteiger partial charge on any atom is 0.353 e. The van der Waals surface area contributed by atoms with Crippen LogP contribution in [0.3, 0.4) is 0 Å². The van der Waals surface area contributed by atoms with Crippen molar-refractivity contribution in [3.63, 3.8) is 0 Å². The molecular weight excluding hydrogens is 324 g/mol. The van der Waals surface area contributed by atoms with Gasteiger partial charge in [-0.15, -0.1) is 0 Å². The molecule has 25 heavy (non-hydrogen) atoms. The fourth-order valence-corrected chi connectivity index (χ4v) is 3.61. The number of hydrogen-bond acceptors (Lipinski definition) is 8. The molecule has 2 N–H and O–H groups in total. The summed E-state index contributed by atoms with van der Waals surface area (Å²) in [6.45, 7) is 6.70. The lowest BCUT2D eigenvalue weighted by atomic mass is 10.2. The molecule has 2 aliphatic heterocycles. The predicted molar refractivity (Wildman–Crippen MR) is 96.0 cm³/mol. The highest BCUT2D eigenvalue weighted by molar-refractivity contribution is 5.71. The normalized spacial score (nSPS) is 24.9. The van der Waals surface area contributed by atoms with E-state index < -0.39 is 4.92 Å². The highest BCUT2D eigenvalue weighted by Crippen LogP contribution is 2.34. The molecule has 2 saturated heterocycles. The summed E-state index contributed by atoms with van der Waals surface area (Å²) in [7, 11) is 0. The largest absolute Gasteiger partial charge is 0.378 e. The molecule has 9 heteroatoms. The molecule has 0 unspecified atom stereocenters. The lowest BCUT2D eigenvalue weighted by Gasteiger charge is -2.36. The number of aromatic nitrogens is 2. The van der Waals surface area contributed by atoms with Crippen molar-refractivity contribution in [2.75, 3.05) is 41.7 Å². The van der Waals surface area contributed by atoms with Crippen LogP contribution < -0.4 is 15.5 Å². The van der Waals surface area contributed by atoms with Crippen molar-refractivity contribution in [1.29, 1.82) is 0 Å². The van der Waals surface area contributed by atoms with Gasteiger partial charge in [0.25, 0.3) is 0 Å². The zero-order chi connectivity index (χ0) is 18.0. The van der Waals surface area contributed by atoms with E-state index in [9.17, 15) is 10.1 Å². The Hall–Kier alpha value is -2.16. The molecule has 3 heterocycles. The van der Waals surface area contributed by atoms with Crippen LogP contribution in [0.15, 0.2) is 0 Å². The molecule has 0 aliphatic carbocycles. The van der Waals surface area contributed by atoms with Gasteiger partial charge in [-0.05, 0) is 26.7 Å². The molecule has 1 aromatic heterocycles. The molecule has 3 rings (SSSR count). The van der Waals surface area contributed by atoms with E-state index >= 15 is 0 Å². The maximum atomic E-state index is 11.6. The third kappa shape index (κ3) is 3.92. The van der Waals surface area contributed by atoms with Crippen LogP contribution in [-0.2, 0) is 4.74 Å². The van der Waals surface area contributed by atoms with Crippen LogP contribution in [-0.4, -0.2) is 53.3 Å². The Balaban J connectivity index is 1.99. The summed E-state index contributed by atoms with van der Waals surface area (Å²) >= 11 is 0. The van der Waals surface area contributed by atoms with Gasteiger partial charge in [0.2, 0.25) is 17.6 Å². The van der Waals surface area contributed by atoms with Crippen molar-refractivity contribution in [3.05, 3.63) is 10.1 Å². The average Bonchev–Trinajstić information content (AvgIpc) is 2.82. The Morgan fingerprint density at radius 2 is 1.68 bits per heavy atom. The van der Waals surface area contributed by atoms with Gasteiger partial charge >= 0.3 is 5.69 Å². The van der Waals surface area contributed by atoms with Crippen molar-refractivity contribution in [2.45, 2.75) is 51.7 Å². The van der Waals surface area contributed by atoms with Gasteiger partial charge in [-0.2, -0.15) is 9.97 Å². The minimum absolute atomic E-state index is 0.0267. The van der Waals surface area contributed by atoms with Crippen molar-refractivity contribution in [3.8, 4) is 0 Å². The van der Waals surface area contributed by atoms with Crippen LogP contribution in [0.25, 0.3) is 0 Å². The van der Waals surface area contributed by atoms with Gasteiger partial charge in [0, 0.05) is 26.2 Å². The summed E-state index contributed by atoms with van der Waals surface area (Å²) in [6.07, 6.45) is 4.46. The van der Waals surface area contributed by atoms with Crippen LogP contribution in [0.5, 0.6) is 0 Å². The summed E-state index contributed by atoms with van der Waals surface area (Å²) in [5.74, 6) is 0.728. The second kappa shape index (κ2) is 7.38. The van der Waals surface area contributed by atoms with Gasteiger partial charge in [0.1, 0.15) is 0 Å². The molecule has 0 bridgehead atoms. The van der Waals surface area contributed by atoms with Gasteiger partial charge in [-0.3, -0.25) is 10.1 Å². The highest BCUT2D eigenvalue weighted by Gasteiger charge is 2.32. The number of hydrogen-bond donors (Lipinski definition) is 1. The van der Waals surface area contributed by atoms with Gasteiger partial charge in [0.05, 0.1) is 17.1 Å². The summed E-state index contributed by atoms with van der Waals surface area (Å²) < 4.78 is 5.73. The van der Waals surface area contributed by atoms with E-state index in [0.717, 1.165) is 25.9 Å². The Morgan fingerprint density at radius 1 is 1.08 bits per heavy atom. The van der Waals surface area contributed by atoms with E-state index in [1.807, 2.05) is 18.7 Å². The number of nitro groups is 1. The number of ether oxygens (including phenoxy) is 1. The molecule has 0 saturated carbocycles. The standard InChI is InChI=1S/C16H26N6O3/c1-11-9-21(10-12(2)25-11)15-13(22(23)24)14(17)18-16(19-15)20-7-5-3-4-6-8-20/h11-12H,3-10H2,1-2H3,(H2,17,18,19)/t11-,12-/m0/s1. The fraction of sp³-hybridized carbons (Fsp3) is 0.750. The predicted octanol–water partition coefficient (Wildman–Crippen LogP) is 1.96. The van der Waals surface area contributed by atoms with E-state index in [2.05, 4.69) is 14.9 Å². The molecule has 9 nitrogen and oxygen atoms in total. The first-order valence-electron chi connectivity index (χ1n) is 8.93. The minimum atomic E-state index is -0.484. The number of nitrogen functional groups attached to an aromatic ring is 1. The van der Waals surface area contributed by atoms with Gasteiger partial charge in [-0.25, -0.2) is 0 Å². The SMILES string of the molecule is C[C@H]1CN(c2nc(N3CCCCCC3)nc(N)c2[N+](=O)[O-])C[C@H](C)O1. The Morgan fingerprint density at radius 3 is 2.24 bits per heavy atom. The Labute approximate surface area is 147 Å². The molecule has 2 atom stereocenters.